The van der Waals surface area contributed by atoms with E-state index in [0.717, 1.165) is 44.7 Å². The minimum Gasteiger partial charge on any atom is -0.509 e. The summed E-state index contributed by atoms with van der Waals surface area (Å²) in [7, 11) is 0. The van der Waals surface area contributed by atoms with E-state index < -0.39 is 5.41 Å². The zero-order valence-electron chi connectivity index (χ0n) is 46.4. The Morgan fingerprint density at radius 1 is 0.507 bits per heavy atom. The number of pyridine rings is 1. The first-order valence-electron chi connectivity index (χ1n) is 26.5. The summed E-state index contributed by atoms with van der Waals surface area (Å²) < 4.78 is 9.23. The van der Waals surface area contributed by atoms with Crippen molar-refractivity contribution in [3.8, 4) is 28.4 Å². The molecule has 6 heteroatoms. The van der Waals surface area contributed by atoms with Crippen LogP contribution in [0.1, 0.15) is 154 Å². The van der Waals surface area contributed by atoms with Gasteiger partial charge in [0.2, 0.25) is 0 Å². The second-order valence-corrected chi connectivity index (χ2v) is 26.3. The number of anilines is 4. The van der Waals surface area contributed by atoms with Gasteiger partial charge in [-0.05, 0) is 124 Å². The molecule has 2 aliphatic heterocycles. The van der Waals surface area contributed by atoms with Gasteiger partial charge in [0, 0.05) is 66.8 Å². The van der Waals surface area contributed by atoms with Crippen molar-refractivity contribution in [3.05, 3.63) is 209 Å². The molecule has 0 atom stereocenters. The molecule has 75 heavy (non-hydrogen) atoms. The van der Waals surface area contributed by atoms with Gasteiger partial charge in [0.15, 0.2) is 0 Å². The maximum atomic E-state index is 7.05. The molecule has 0 fully saturated rings. The number of hydrogen-bond acceptors (Lipinski definition) is 4. The van der Waals surface area contributed by atoms with Crippen LogP contribution in [0.4, 0.5) is 22.7 Å². The number of nitrogens with zero attached hydrogens (tertiary/aromatic N) is 4. The number of fused-ring (bicyclic) bond motifs is 12. The molecule has 2 aromatic heterocycles. The second kappa shape index (κ2) is 17.0. The van der Waals surface area contributed by atoms with Crippen LogP contribution in [0.25, 0.3) is 38.8 Å². The van der Waals surface area contributed by atoms with Crippen molar-refractivity contribution in [3.63, 3.8) is 0 Å². The van der Waals surface area contributed by atoms with Crippen molar-refractivity contribution in [2.75, 3.05) is 9.80 Å². The molecule has 384 valence electrons. The summed E-state index contributed by atoms with van der Waals surface area (Å²) in [6.45, 7) is 37.7. The Kier molecular flexibility index (Phi) is 11.5. The molecule has 0 bridgehead atoms. The first kappa shape index (κ1) is 50.7. The third kappa shape index (κ3) is 7.84. The summed E-state index contributed by atoms with van der Waals surface area (Å²) in [5.74, 6) is 2.06. The molecule has 3 aliphatic rings. The van der Waals surface area contributed by atoms with Gasteiger partial charge in [-0.2, -0.15) is 12.1 Å². The fourth-order valence-corrected chi connectivity index (χ4v) is 12.2. The van der Waals surface area contributed by atoms with Crippen molar-refractivity contribution in [2.24, 2.45) is 0 Å². The van der Waals surface area contributed by atoms with E-state index in [4.69, 9.17) is 9.72 Å². The number of aromatic nitrogens is 2. The number of ether oxygens (including phenoxy) is 1. The molecule has 1 spiro atoms. The van der Waals surface area contributed by atoms with Gasteiger partial charge in [-0.15, -0.1) is 41.9 Å². The van der Waals surface area contributed by atoms with Crippen molar-refractivity contribution < 1.29 is 25.8 Å². The predicted octanol–water partition coefficient (Wildman–Crippen LogP) is 18.1. The minimum atomic E-state index is -0.733. The van der Waals surface area contributed by atoms with E-state index >= 15 is 0 Å². The van der Waals surface area contributed by atoms with Crippen LogP contribution in [-0.2, 0) is 53.6 Å². The van der Waals surface area contributed by atoms with E-state index in [-0.39, 0.29) is 48.1 Å². The standard InChI is InChI=1S/C69H69N4O.Pt/c1-64(2,3)42-26-28-45(29-27-42)71-41-72-59-40-47(74-46-30-32-49-48-21-16-17-23-56(48)73(58(49)39-46)60-25-18-19-34-70-60)31-33-52(59)69(53-22-20-24-57(71)63(53)72)61-50(35-43(65(4,5)6)37-54(61)67(10,11)12)51-36-44(66(7,8)9)38-55(62(51)69)68(13,14)15;/h16-38,41H,1-15H3;/q-3;. The van der Waals surface area contributed by atoms with Gasteiger partial charge >= 0.3 is 0 Å². The van der Waals surface area contributed by atoms with E-state index in [1.165, 1.54) is 66.9 Å². The Bertz CT molecular complexity index is 3670. The van der Waals surface area contributed by atoms with E-state index in [0.29, 0.717) is 11.5 Å². The molecule has 0 N–H and O–H groups in total. The molecule has 0 unspecified atom stereocenters. The van der Waals surface area contributed by atoms with Gasteiger partial charge in [-0.3, -0.25) is 0 Å². The summed E-state index contributed by atoms with van der Waals surface area (Å²) in [5, 5.41) is 2.23. The predicted molar refractivity (Wildman–Crippen MR) is 309 cm³/mol. The van der Waals surface area contributed by atoms with E-state index in [9.17, 15) is 0 Å². The molecular formula is C69H69N4OPt-3. The molecule has 9 aromatic rings. The van der Waals surface area contributed by atoms with Crippen LogP contribution in [0, 0.1) is 18.8 Å². The Labute approximate surface area is 460 Å². The Morgan fingerprint density at radius 3 is 1.68 bits per heavy atom. The smallest absolute Gasteiger partial charge is 0.135 e. The maximum absolute atomic E-state index is 7.05. The van der Waals surface area contributed by atoms with Crippen molar-refractivity contribution >= 4 is 44.6 Å². The summed E-state index contributed by atoms with van der Waals surface area (Å²) >= 11 is 0. The van der Waals surface area contributed by atoms with Crippen LogP contribution in [0.5, 0.6) is 11.5 Å². The summed E-state index contributed by atoms with van der Waals surface area (Å²) in [6, 6.07) is 57.3. The quantitative estimate of drug-likeness (QED) is 0.164. The Morgan fingerprint density at radius 2 is 1.09 bits per heavy atom. The molecule has 0 saturated heterocycles. The summed E-state index contributed by atoms with van der Waals surface area (Å²) in [6.07, 6.45) is 1.84. The van der Waals surface area contributed by atoms with Gasteiger partial charge in [0.05, 0.1) is 0 Å². The molecule has 12 rings (SSSR count). The van der Waals surface area contributed by atoms with Gasteiger partial charge in [-0.25, -0.2) is 4.98 Å². The average Bonchev–Trinajstić information content (AvgIpc) is 3.99. The van der Waals surface area contributed by atoms with Crippen LogP contribution >= 0.6 is 0 Å². The Balaban J connectivity index is 0.00000602. The van der Waals surface area contributed by atoms with E-state index in [2.05, 4.69) is 246 Å². The fraction of sp³-hybridized carbons (Fsp3) is 0.304. The minimum absolute atomic E-state index is 0. The zero-order chi connectivity index (χ0) is 52.2. The Hall–Kier alpha value is -6.42. The fourth-order valence-electron chi connectivity index (χ4n) is 12.2. The number of hydrogen-bond donors (Lipinski definition) is 0. The zero-order valence-corrected chi connectivity index (χ0v) is 48.6. The maximum Gasteiger partial charge on any atom is 0.135 e. The topological polar surface area (TPSA) is 33.5 Å². The van der Waals surface area contributed by atoms with Gasteiger partial charge in [-0.1, -0.05) is 188 Å². The molecule has 0 saturated carbocycles. The molecular weight excluding hydrogens is 1100 g/mol. The SMILES string of the molecule is CC(C)(C)c1ccc(N2[CH-]N3c4[c-]c(Oc5[c-]c6c(cc5)c5ccccc5n6-c5ccccn5)ccc4C4(c5cccc2c53)c2c(cc(C(C)(C)C)cc2C(C)(C)C)-c2cc(C(C)(C)C)cc(C(C)(C)C)c24)cc1.[Pt]. The summed E-state index contributed by atoms with van der Waals surface area (Å²) in [5.41, 5.74) is 19.7. The molecule has 5 nitrogen and oxygen atoms in total. The van der Waals surface area contributed by atoms with E-state index in [1.54, 1.807) is 0 Å². The number of benzene rings is 7. The largest absolute Gasteiger partial charge is 0.509 e. The third-order valence-corrected chi connectivity index (χ3v) is 16.0. The van der Waals surface area contributed by atoms with Crippen molar-refractivity contribution in [2.45, 2.75) is 136 Å². The molecule has 7 aromatic carbocycles. The van der Waals surface area contributed by atoms with E-state index in [1.807, 2.05) is 30.5 Å². The van der Waals surface area contributed by atoms with Gasteiger partial charge in [0.25, 0.3) is 0 Å². The van der Waals surface area contributed by atoms with Crippen molar-refractivity contribution in [1.29, 1.82) is 0 Å². The normalized spacial score (nSPS) is 14.8. The first-order valence-corrected chi connectivity index (χ1v) is 26.5. The van der Waals surface area contributed by atoms with Crippen molar-refractivity contribution in [1.82, 2.24) is 9.55 Å². The number of para-hydroxylation sites is 2. The molecule has 0 amide bonds. The average molecular weight is 1170 g/mol. The van der Waals surface area contributed by atoms with Crippen LogP contribution in [0.3, 0.4) is 0 Å². The molecule has 1 aliphatic carbocycles. The van der Waals surface area contributed by atoms with Crippen LogP contribution in [-0.4, -0.2) is 9.55 Å². The summed E-state index contributed by atoms with van der Waals surface area (Å²) in [4.78, 5) is 9.58. The number of rotatable bonds is 4. The third-order valence-electron chi connectivity index (χ3n) is 16.0. The molecule has 0 radical (unpaired) electrons. The first-order chi connectivity index (χ1) is 34.8. The van der Waals surface area contributed by atoms with Crippen LogP contribution in [0.2, 0.25) is 0 Å². The van der Waals surface area contributed by atoms with Crippen LogP contribution in [0.15, 0.2) is 140 Å². The van der Waals surface area contributed by atoms with Gasteiger partial charge < -0.3 is 19.1 Å². The second-order valence-electron chi connectivity index (χ2n) is 26.3. The van der Waals surface area contributed by atoms with Gasteiger partial charge in [0.1, 0.15) is 5.82 Å². The monoisotopic (exact) mass is 1160 g/mol. The molecule has 4 heterocycles. The van der Waals surface area contributed by atoms with Crippen LogP contribution < -0.4 is 14.5 Å².